The van der Waals surface area contributed by atoms with Gasteiger partial charge in [-0.1, -0.05) is 35.3 Å². The molecule has 0 heterocycles. The Morgan fingerprint density at radius 2 is 1.84 bits per heavy atom. The second-order valence-corrected chi connectivity index (χ2v) is 5.80. The van der Waals surface area contributed by atoms with E-state index in [1.807, 2.05) is 6.07 Å². The fraction of sp³-hybridized carbons (Fsp3) is 0.111. The van der Waals surface area contributed by atoms with E-state index in [9.17, 15) is 9.59 Å². The number of rotatable bonds is 6. The molecule has 0 aliphatic rings. The molecule has 2 aromatic carbocycles. The predicted octanol–water partition coefficient (Wildman–Crippen LogP) is 4.20. The van der Waals surface area contributed by atoms with Crippen molar-refractivity contribution in [3.63, 3.8) is 0 Å². The van der Waals surface area contributed by atoms with Gasteiger partial charge in [-0.2, -0.15) is 0 Å². The molecule has 2 rings (SSSR count). The third kappa shape index (κ3) is 6.49. The first-order valence-corrected chi connectivity index (χ1v) is 7.96. The van der Waals surface area contributed by atoms with Crippen molar-refractivity contribution in [2.45, 2.75) is 0 Å². The average Bonchev–Trinajstić information content (AvgIpc) is 2.57. The second-order valence-electron chi connectivity index (χ2n) is 4.92. The first-order valence-electron chi connectivity index (χ1n) is 7.21. The minimum atomic E-state index is -0.637. The van der Waals surface area contributed by atoms with Crippen molar-refractivity contribution in [2.24, 2.45) is 0 Å². The van der Waals surface area contributed by atoms with E-state index in [0.717, 1.165) is 5.56 Å². The smallest absolute Gasteiger partial charge is 0.331 e. The number of carbonyl (C=O) groups is 2. The number of nitrogens with one attached hydrogen (secondary N) is 1. The summed E-state index contributed by atoms with van der Waals surface area (Å²) in [6.07, 6.45) is 2.80. The quantitative estimate of drug-likeness (QED) is 0.603. The predicted molar refractivity (Wildman–Crippen MR) is 98.1 cm³/mol. The maximum atomic E-state index is 11.8. The molecular weight excluding hydrogens is 365 g/mol. The fourth-order valence-corrected chi connectivity index (χ4v) is 2.44. The van der Waals surface area contributed by atoms with Crippen LogP contribution in [0.15, 0.2) is 48.5 Å². The van der Waals surface area contributed by atoms with Crippen LogP contribution >= 0.6 is 23.2 Å². The van der Waals surface area contributed by atoms with Crippen LogP contribution in [0.3, 0.4) is 0 Å². The van der Waals surface area contributed by atoms with Crippen molar-refractivity contribution in [3.05, 3.63) is 64.1 Å². The van der Waals surface area contributed by atoms with Crippen LogP contribution < -0.4 is 10.1 Å². The molecule has 0 atom stereocenters. The Morgan fingerprint density at radius 3 is 2.52 bits per heavy atom. The molecule has 0 saturated heterocycles. The number of anilines is 1. The molecule has 2 aromatic rings. The highest BCUT2D eigenvalue weighted by Gasteiger charge is 2.07. The van der Waals surface area contributed by atoms with Crippen molar-refractivity contribution in [2.75, 3.05) is 19.0 Å². The maximum absolute atomic E-state index is 11.8. The molecule has 130 valence electrons. The summed E-state index contributed by atoms with van der Waals surface area (Å²) in [5, 5.41) is 3.32. The number of esters is 1. The Balaban J connectivity index is 1.84. The highest BCUT2D eigenvalue weighted by Crippen LogP contribution is 2.22. The highest BCUT2D eigenvalue weighted by molar-refractivity contribution is 6.35. The third-order valence-electron chi connectivity index (χ3n) is 3.00. The summed E-state index contributed by atoms with van der Waals surface area (Å²) in [4.78, 5) is 23.5. The summed E-state index contributed by atoms with van der Waals surface area (Å²) in [5.74, 6) is -0.460. The van der Waals surface area contributed by atoms with Gasteiger partial charge in [0.25, 0.3) is 5.91 Å². The van der Waals surface area contributed by atoms with Crippen LogP contribution in [-0.2, 0) is 14.3 Å². The molecule has 1 N–H and O–H groups in total. The van der Waals surface area contributed by atoms with Gasteiger partial charge in [0.15, 0.2) is 6.61 Å². The zero-order valence-electron chi connectivity index (χ0n) is 13.3. The molecule has 1 amide bonds. The first-order chi connectivity index (χ1) is 12.0. The van der Waals surface area contributed by atoms with Crippen LogP contribution in [0, 0.1) is 0 Å². The van der Waals surface area contributed by atoms with Gasteiger partial charge in [-0.05, 0) is 42.0 Å². The molecule has 0 saturated carbocycles. The Bertz CT molecular complexity index is 785. The third-order valence-corrected chi connectivity index (χ3v) is 3.43. The summed E-state index contributed by atoms with van der Waals surface area (Å²) in [5.41, 5.74) is 1.19. The van der Waals surface area contributed by atoms with Crippen LogP contribution in [0.5, 0.6) is 5.75 Å². The number of methoxy groups -OCH3 is 1. The van der Waals surface area contributed by atoms with E-state index in [4.69, 9.17) is 32.7 Å². The minimum Gasteiger partial charge on any atom is -0.497 e. The molecule has 5 nitrogen and oxygen atoms in total. The Kier molecular flexibility index (Phi) is 6.86. The highest BCUT2D eigenvalue weighted by atomic mass is 35.5. The number of hydrogen-bond acceptors (Lipinski definition) is 4. The average molecular weight is 380 g/mol. The summed E-state index contributed by atoms with van der Waals surface area (Å²) >= 11 is 11.7. The van der Waals surface area contributed by atoms with Gasteiger partial charge < -0.3 is 14.8 Å². The topological polar surface area (TPSA) is 64.6 Å². The van der Waals surface area contributed by atoms with Gasteiger partial charge >= 0.3 is 5.97 Å². The Hall–Kier alpha value is -2.50. The SMILES string of the molecule is COc1cccc(/C=C/C(=O)OCC(=O)Nc2cc(Cl)cc(Cl)c2)c1. The lowest BCUT2D eigenvalue weighted by molar-refractivity contribution is -0.142. The lowest BCUT2D eigenvalue weighted by atomic mass is 10.2. The fourth-order valence-electron chi connectivity index (χ4n) is 1.92. The van der Waals surface area contributed by atoms with Gasteiger partial charge in [0.2, 0.25) is 0 Å². The van der Waals surface area contributed by atoms with Crippen LogP contribution in [0.4, 0.5) is 5.69 Å². The van der Waals surface area contributed by atoms with Crippen molar-refractivity contribution in [1.29, 1.82) is 0 Å². The Labute approximate surface area is 155 Å². The maximum Gasteiger partial charge on any atom is 0.331 e. The van der Waals surface area contributed by atoms with Crippen LogP contribution in [0.2, 0.25) is 10.0 Å². The normalized spacial score (nSPS) is 10.5. The second kappa shape index (κ2) is 9.11. The molecule has 0 radical (unpaired) electrons. The van der Waals surface area contributed by atoms with Crippen molar-refractivity contribution >= 4 is 46.8 Å². The molecule has 0 aliphatic heterocycles. The zero-order chi connectivity index (χ0) is 18.2. The van der Waals surface area contributed by atoms with Crippen LogP contribution in [0.25, 0.3) is 6.08 Å². The summed E-state index contributed by atoms with van der Waals surface area (Å²) in [7, 11) is 1.56. The molecular formula is C18H15Cl2NO4. The molecule has 7 heteroatoms. The van der Waals surface area contributed by atoms with Gasteiger partial charge in [-0.3, -0.25) is 4.79 Å². The van der Waals surface area contributed by atoms with Gasteiger partial charge in [-0.25, -0.2) is 4.79 Å². The van der Waals surface area contributed by atoms with Crippen LogP contribution in [0.1, 0.15) is 5.56 Å². The number of benzene rings is 2. The van der Waals surface area contributed by atoms with E-state index < -0.39 is 18.5 Å². The van der Waals surface area contributed by atoms with Gasteiger partial charge in [0.05, 0.1) is 7.11 Å². The minimum absolute atomic E-state index is 0.390. The zero-order valence-corrected chi connectivity index (χ0v) is 14.8. The van der Waals surface area contributed by atoms with Crippen molar-refractivity contribution in [3.8, 4) is 5.75 Å². The number of ether oxygens (including phenoxy) is 2. The number of hydrogen-bond donors (Lipinski definition) is 1. The molecule has 0 bridgehead atoms. The molecule has 0 fully saturated rings. The van der Waals surface area contributed by atoms with E-state index in [1.165, 1.54) is 18.2 Å². The van der Waals surface area contributed by atoms with E-state index in [-0.39, 0.29) is 0 Å². The van der Waals surface area contributed by atoms with Crippen molar-refractivity contribution < 1.29 is 19.1 Å². The Morgan fingerprint density at radius 1 is 1.12 bits per heavy atom. The lowest BCUT2D eigenvalue weighted by Gasteiger charge is -2.06. The van der Waals surface area contributed by atoms with Crippen molar-refractivity contribution in [1.82, 2.24) is 0 Å². The largest absolute Gasteiger partial charge is 0.497 e. The monoisotopic (exact) mass is 379 g/mol. The number of carbonyl (C=O) groups excluding carboxylic acids is 2. The summed E-state index contributed by atoms with van der Waals surface area (Å²) in [6.45, 7) is -0.425. The summed E-state index contributed by atoms with van der Waals surface area (Å²) in [6, 6.07) is 11.8. The molecule has 0 unspecified atom stereocenters. The number of halogens is 2. The van der Waals surface area contributed by atoms with E-state index in [1.54, 1.807) is 37.5 Å². The van der Waals surface area contributed by atoms with Gasteiger partial charge in [-0.15, -0.1) is 0 Å². The lowest BCUT2D eigenvalue weighted by Crippen LogP contribution is -2.20. The van der Waals surface area contributed by atoms with E-state index in [0.29, 0.717) is 21.5 Å². The molecule has 25 heavy (non-hydrogen) atoms. The molecule has 0 spiro atoms. The van der Waals surface area contributed by atoms with E-state index in [2.05, 4.69) is 5.32 Å². The first kappa shape index (κ1) is 18.8. The molecule has 0 aliphatic carbocycles. The van der Waals surface area contributed by atoms with Gasteiger partial charge in [0.1, 0.15) is 5.75 Å². The molecule has 0 aromatic heterocycles. The summed E-state index contributed by atoms with van der Waals surface area (Å²) < 4.78 is 9.97. The standard InChI is InChI=1S/C18H15Cl2NO4/c1-24-16-4-2-3-12(7-16)5-6-18(23)25-11-17(22)21-15-9-13(19)8-14(20)10-15/h2-10H,11H2,1H3,(H,21,22)/b6-5+. The van der Waals surface area contributed by atoms with E-state index >= 15 is 0 Å². The van der Waals surface area contributed by atoms with Crippen LogP contribution in [-0.4, -0.2) is 25.6 Å². The number of amides is 1. The van der Waals surface area contributed by atoms with Gasteiger partial charge in [0, 0.05) is 21.8 Å².